The van der Waals surface area contributed by atoms with Gasteiger partial charge in [0.1, 0.15) is 23.2 Å². The van der Waals surface area contributed by atoms with Gasteiger partial charge in [0.15, 0.2) is 0 Å². The smallest absolute Gasteiger partial charge is 0.356 e. The van der Waals surface area contributed by atoms with Crippen molar-refractivity contribution in [2.24, 2.45) is 0 Å². The lowest BCUT2D eigenvalue weighted by molar-refractivity contribution is -0.141. The van der Waals surface area contributed by atoms with Crippen LogP contribution in [0.3, 0.4) is 0 Å². The van der Waals surface area contributed by atoms with Crippen molar-refractivity contribution in [3.8, 4) is 0 Å². The fourth-order valence-electron chi connectivity index (χ4n) is 3.60. The highest BCUT2D eigenvalue weighted by atomic mass is 19.4. The summed E-state index contributed by atoms with van der Waals surface area (Å²) in [6, 6.07) is 2.90. The summed E-state index contributed by atoms with van der Waals surface area (Å²) < 4.78 is 38.7. The van der Waals surface area contributed by atoms with Crippen molar-refractivity contribution in [3.63, 3.8) is 0 Å². The van der Waals surface area contributed by atoms with E-state index in [2.05, 4.69) is 29.7 Å². The third-order valence-electron chi connectivity index (χ3n) is 5.06. The van der Waals surface area contributed by atoms with E-state index in [0.29, 0.717) is 26.2 Å². The molecule has 2 aliphatic heterocycles. The first-order valence-corrected chi connectivity index (χ1v) is 9.41. The molecule has 2 fully saturated rings. The lowest BCUT2D eigenvalue weighted by Crippen LogP contribution is -2.47. The maximum atomic E-state index is 12.9. The van der Waals surface area contributed by atoms with Crippen LogP contribution in [-0.4, -0.2) is 59.2 Å². The normalized spacial score (nSPS) is 18.1. The van der Waals surface area contributed by atoms with Crippen molar-refractivity contribution < 1.29 is 13.2 Å². The number of hydrogen-bond acceptors (Lipinski definition) is 7. The molecule has 2 saturated heterocycles. The van der Waals surface area contributed by atoms with E-state index in [9.17, 15) is 13.2 Å². The lowest BCUT2D eigenvalue weighted by atomic mass is 10.3. The van der Waals surface area contributed by atoms with Crippen LogP contribution in [0.5, 0.6) is 0 Å². The summed E-state index contributed by atoms with van der Waals surface area (Å²) in [5, 5.41) is 0. The zero-order valence-electron chi connectivity index (χ0n) is 15.7. The summed E-state index contributed by atoms with van der Waals surface area (Å²) in [4.78, 5) is 23.0. The Balaban J connectivity index is 1.46. The molecule has 2 aromatic heterocycles. The molecule has 2 aliphatic rings. The van der Waals surface area contributed by atoms with Gasteiger partial charge >= 0.3 is 6.18 Å². The second-order valence-corrected chi connectivity index (χ2v) is 7.04. The SMILES string of the molecule is Cc1nc(N2CCCC2)cc(N2CCN(c3nccc(C(F)(F)F)n3)CC2)n1. The summed E-state index contributed by atoms with van der Waals surface area (Å²) in [7, 11) is 0. The molecule has 4 heterocycles. The average molecular weight is 393 g/mol. The molecule has 0 atom stereocenters. The highest BCUT2D eigenvalue weighted by Gasteiger charge is 2.33. The van der Waals surface area contributed by atoms with Crippen molar-refractivity contribution in [2.45, 2.75) is 25.9 Å². The number of rotatable bonds is 3. The Labute approximate surface area is 161 Å². The van der Waals surface area contributed by atoms with Gasteiger partial charge in [-0.15, -0.1) is 0 Å². The number of alkyl halides is 3. The van der Waals surface area contributed by atoms with Gasteiger partial charge in [0.2, 0.25) is 5.95 Å². The molecule has 0 aromatic carbocycles. The van der Waals surface area contributed by atoms with Crippen LogP contribution in [0.2, 0.25) is 0 Å². The quantitative estimate of drug-likeness (QED) is 0.794. The van der Waals surface area contributed by atoms with Crippen LogP contribution in [-0.2, 0) is 6.18 Å². The maximum Gasteiger partial charge on any atom is 0.433 e. The van der Waals surface area contributed by atoms with Crippen LogP contribution in [0.15, 0.2) is 18.3 Å². The first-order valence-electron chi connectivity index (χ1n) is 9.41. The van der Waals surface area contributed by atoms with Crippen LogP contribution in [0.25, 0.3) is 0 Å². The van der Waals surface area contributed by atoms with Crippen molar-refractivity contribution in [2.75, 3.05) is 54.0 Å². The van der Waals surface area contributed by atoms with E-state index in [1.165, 1.54) is 12.8 Å². The molecule has 4 rings (SSSR count). The van der Waals surface area contributed by atoms with E-state index in [0.717, 1.165) is 42.8 Å². The Morgan fingerprint density at radius 1 is 0.821 bits per heavy atom. The molecule has 0 amide bonds. The fourth-order valence-corrected chi connectivity index (χ4v) is 3.60. The molecule has 150 valence electrons. The van der Waals surface area contributed by atoms with Gasteiger partial charge in [-0.1, -0.05) is 0 Å². The first kappa shape index (κ1) is 18.7. The molecule has 7 nitrogen and oxygen atoms in total. The van der Waals surface area contributed by atoms with Gasteiger partial charge in [0, 0.05) is 51.5 Å². The van der Waals surface area contributed by atoms with Crippen molar-refractivity contribution >= 4 is 17.6 Å². The fraction of sp³-hybridized carbons (Fsp3) is 0.556. The molecule has 0 saturated carbocycles. The van der Waals surface area contributed by atoms with Crippen LogP contribution >= 0.6 is 0 Å². The van der Waals surface area contributed by atoms with Crippen LogP contribution < -0.4 is 14.7 Å². The van der Waals surface area contributed by atoms with Crippen LogP contribution in [0.1, 0.15) is 24.4 Å². The minimum absolute atomic E-state index is 0.117. The third kappa shape index (κ3) is 3.95. The zero-order valence-corrected chi connectivity index (χ0v) is 15.7. The van der Waals surface area contributed by atoms with Gasteiger partial charge in [0.05, 0.1) is 0 Å². The standard InChI is InChI=1S/C18H22F3N7/c1-13-23-15(26-6-2-3-7-26)12-16(24-13)27-8-10-28(11-9-27)17-22-5-4-14(25-17)18(19,20)21/h4-5,12H,2-3,6-11H2,1H3. The maximum absolute atomic E-state index is 12.9. The van der Waals surface area contributed by atoms with E-state index in [1.54, 1.807) is 4.90 Å². The van der Waals surface area contributed by atoms with Gasteiger partial charge in [-0.25, -0.2) is 19.9 Å². The van der Waals surface area contributed by atoms with E-state index in [4.69, 9.17) is 0 Å². The molecule has 0 bridgehead atoms. The Hall–Kier alpha value is -2.65. The van der Waals surface area contributed by atoms with E-state index < -0.39 is 11.9 Å². The van der Waals surface area contributed by atoms with E-state index in [-0.39, 0.29) is 5.95 Å². The minimum Gasteiger partial charge on any atom is -0.356 e. The number of anilines is 3. The molecule has 0 aliphatic carbocycles. The number of piperazine rings is 1. The predicted molar refractivity (Wildman–Crippen MR) is 99.7 cm³/mol. The number of hydrogen-bond donors (Lipinski definition) is 0. The lowest BCUT2D eigenvalue weighted by Gasteiger charge is -2.35. The molecular formula is C18H22F3N7. The second-order valence-electron chi connectivity index (χ2n) is 7.04. The van der Waals surface area contributed by atoms with Crippen LogP contribution in [0, 0.1) is 6.92 Å². The predicted octanol–water partition coefficient (Wildman–Crippen LogP) is 2.52. The highest BCUT2D eigenvalue weighted by molar-refractivity contribution is 5.52. The molecule has 0 radical (unpaired) electrons. The Morgan fingerprint density at radius 2 is 1.39 bits per heavy atom. The van der Waals surface area contributed by atoms with E-state index in [1.807, 2.05) is 13.0 Å². The van der Waals surface area contributed by atoms with Crippen molar-refractivity contribution in [3.05, 3.63) is 29.8 Å². The molecule has 0 N–H and O–H groups in total. The molecule has 2 aromatic rings. The summed E-state index contributed by atoms with van der Waals surface area (Å²) in [6.07, 6.45) is -0.959. The Morgan fingerprint density at radius 3 is 2.00 bits per heavy atom. The molecule has 0 spiro atoms. The number of nitrogens with zero attached hydrogens (tertiary/aromatic N) is 7. The van der Waals surface area contributed by atoms with Crippen molar-refractivity contribution in [1.29, 1.82) is 0 Å². The second kappa shape index (κ2) is 7.40. The summed E-state index contributed by atoms with van der Waals surface area (Å²) in [5.41, 5.74) is -0.915. The highest BCUT2D eigenvalue weighted by Crippen LogP contribution is 2.29. The number of aryl methyl sites for hydroxylation is 1. The Kier molecular flexibility index (Phi) is 4.94. The monoisotopic (exact) mass is 393 g/mol. The van der Waals surface area contributed by atoms with Gasteiger partial charge < -0.3 is 14.7 Å². The summed E-state index contributed by atoms with van der Waals surface area (Å²) in [5.74, 6) is 2.65. The Bertz CT molecular complexity index is 828. The van der Waals surface area contributed by atoms with Gasteiger partial charge in [-0.2, -0.15) is 13.2 Å². The molecular weight excluding hydrogens is 371 g/mol. The van der Waals surface area contributed by atoms with E-state index >= 15 is 0 Å². The number of aromatic nitrogens is 4. The van der Waals surface area contributed by atoms with Gasteiger partial charge in [-0.05, 0) is 25.8 Å². The summed E-state index contributed by atoms with van der Waals surface area (Å²) in [6.45, 7) is 6.24. The topological polar surface area (TPSA) is 61.3 Å². The number of halogens is 3. The largest absolute Gasteiger partial charge is 0.433 e. The third-order valence-corrected chi connectivity index (χ3v) is 5.06. The zero-order chi connectivity index (χ0) is 19.7. The molecule has 10 heteroatoms. The van der Waals surface area contributed by atoms with Crippen LogP contribution in [0.4, 0.5) is 30.8 Å². The van der Waals surface area contributed by atoms with Gasteiger partial charge in [-0.3, -0.25) is 0 Å². The minimum atomic E-state index is -4.47. The van der Waals surface area contributed by atoms with Crippen molar-refractivity contribution in [1.82, 2.24) is 19.9 Å². The molecule has 28 heavy (non-hydrogen) atoms. The van der Waals surface area contributed by atoms with Gasteiger partial charge in [0.25, 0.3) is 0 Å². The summed E-state index contributed by atoms with van der Waals surface area (Å²) >= 11 is 0. The first-order chi connectivity index (χ1) is 13.4. The average Bonchev–Trinajstić information content (AvgIpc) is 3.22. The molecule has 0 unspecified atom stereocenters.